The molecule has 0 bridgehead atoms. The number of amides is 1. The average Bonchev–Trinajstić information content (AvgIpc) is 2.45. The number of hydrogen-bond acceptors (Lipinski definition) is 5. The Labute approximate surface area is 121 Å². The van der Waals surface area contributed by atoms with Crippen molar-refractivity contribution in [2.45, 2.75) is 12.5 Å². The Bertz CT molecular complexity index is 518. The highest BCUT2D eigenvalue weighted by Crippen LogP contribution is 2.38. The predicted molar refractivity (Wildman–Crippen MR) is 72.5 cm³/mol. The summed E-state index contributed by atoms with van der Waals surface area (Å²) in [6.07, 6.45) is 0. The van der Waals surface area contributed by atoms with Crippen LogP contribution in [0.5, 0.6) is 11.5 Å². The van der Waals surface area contributed by atoms with E-state index in [1.54, 1.807) is 0 Å². The first kappa shape index (κ1) is 14.9. The van der Waals surface area contributed by atoms with E-state index in [4.69, 9.17) is 26.2 Å². The summed E-state index contributed by atoms with van der Waals surface area (Å²) in [4.78, 5) is 12.0. The first-order chi connectivity index (χ1) is 9.43. The van der Waals surface area contributed by atoms with E-state index in [1.165, 1.54) is 19.1 Å². The summed E-state index contributed by atoms with van der Waals surface area (Å²) in [5.74, 6) is 0.428. The molecule has 1 atom stereocenters. The van der Waals surface area contributed by atoms with Crippen LogP contribution in [0.25, 0.3) is 0 Å². The maximum absolute atomic E-state index is 12.0. The minimum absolute atomic E-state index is 0.0750. The SMILES string of the molecule is CC(O)(CO)CNC(=O)c1cc(Cl)c2c(c1)OCCO2. The van der Waals surface area contributed by atoms with Crippen LogP contribution < -0.4 is 14.8 Å². The van der Waals surface area contributed by atoms with Gasteiger partial charge in [-0.2, -0.15) is 0 Å². The van der Waals surface area contributed by atoms with Gasteiger partial charge in [0.1, 0.15) is 18.8 Å². The molecule has 1 amide bonds. The van der Waals surface area contributed by atoms with Crippen LogP contribution in [-0.4, -0.2) is 48.1 Å². The minimum Gasteiger partial charge on any atom is -0.486 e. The van der Waals surface area contributed by atoms with Crippen LogP contribution in [0.15, 0.2) is 12.1 Å². The van der Waals surface area contributed by atoms with Gasteiger partial charge in [-0.25, -0.2) is 0 Å². The molecule has 0 saturated heterocycles. The smallest absolute Gasteiger partial charge is 0.251 e. The van der Waals surface area contributed by atoms with E-state index in [0.29, 0.717) is 35.3 Å². The highest BCUT2D eigenvalue weighted by atomic mass is 35.5. The zero-order valence-electron chi connectivity index (χ0n) is 11.0. The maximum atomic E-state index is 12.0. The number of aliphatic hydroxyl groups excluding tert-OH is 1. The van der Waals surface area contributed by atoms with Gasteiger partial charge in [-0.15, -0.1) is 0 Å². The van der Waals surface area contributed by atoms with Crippen LogP contribution in [0.1, 0.15) is 17.3 Å². The van der Waals surface area contributed by atoms with Gasteiger partial charge in [0.2, 0.25) is 0 Å². The van der Waals surface area contributed by atoms with Gasteiger partial charge in [0, 0.05) is 12.1 Å². The number of hydrogen-bond donors (Lipinski definition) is 3. The Kier molecular flexibility index (Phi) is 4.37. The number of halogens is 1. The molecule has 7 heteroatoms. The summed E-state index contributed by atoms with van der Waals surface area (Å²) in [5, 5.41) is 21.4. The van der Waals surface area contributed by atoms with Gasteiger partial charge in [-0.05, 0) is 19.1 Å². The first-order valence-corrected chi connectivity index (χ1v) is 6.51. The standard InChI is InChI=1S/C13H16ClNO5/c1-13(18,7-16)6-15-12(17)8-4-9(14)11-10(5-8)19-2-3-20-11/h4-5,16,18H,2-3,6-7H2,1H3,(H,15,17). The molecule has 0 spiro atoms. The molecule has 0 aliphatic carbocycles. The average molecular weight is 302 g/mol. The predicted octanol–water partition coefficient (Wildman–Crippen LogP) is 0.584. The largest absolute Gasteiger partial charge is 0.486 e. The molecule has 6 nitrogen and oxygen atoms in total. The van der Waals surface area contributed by atoms with Crippen molar-refractivity contribution < 1.29 is 24.5 Å². The normalized spacial score (nSPS) is 16.4. The van der Waals surface area contributed by atoms with Crippen LogP contribution in [0.3, 0.4) is 0 Å². The molecule has 0 aromatic heterocycles. The minimum atomic E-state index is -1.37. The molecule has 110 valence electrons. The first-order valence-electron chi connectivity index (χ1n) is 6.13. The van der Waals surface area contributed by atoms with Gasteiger partial charge in [-0.3, -0.25) is 4.79 Å². The van der Waals surface area contributed by atoms with E-state index in [1.807, 2.05) is 0 Å². The van der Waals surface area contributed by atoms with Crippen molar-refractivity contribution in [1.29, 1.82) is 0 Å². The maximum Gasteiger partial charge on any atom is 0.251 e. The van der Waals surface area contributed by atoms with Crippen molar-refractivity contribution >= 4 is 17.5 Å². The third-order valence-corrected chi connectivity index (χ3v) is 3.11. The third-order valence-electron chi connectivity index (χ3n) is 2.83. The number of nitrogens with one attached hydrogen (secondary N) is 1. The molecule has 2 rings (SSSR count). The molecule has 3 N–H and O–H groups in total. The molecule has 1 aromatic carbocycles. The van der Waals surface area contributed by atoms with Crippen LogP contribution in [0, 0.1) is 0 Å². The topological polar surface area (TPSA) is 88.0 Å². The molecule has 0 fully saturated rings. The zero-order chi connectivity index (χ0) is 14.8. The molecule has 1 heterocycles. The Hall–Kier alpha value is -1.50. The summed E-state index contributed by atoms with van der Waals surface area (Å²) in [7, 11) is 0. The number of carbonyl (C=O) groups excluding carboxylic acids is 1. The lowest BCUT2D eigenvalue weighted by Gasteiger charge is -2.22. The summed E-state index contributed by atoms with van der Waals surface area (Å²) in [6, 6.07) is 3.00. The van der Waals surface area contributed by atoms with Crippen molar-refractivity contribution in [1.82, 2.24) is 5.32 Å². The lowest BCUT2D eigenvalue weighted by molar-refractivity contribution is 0.00320. The fraction of sp³-hybridized carbons (Fsp3) is 0.462. The molecule has 1 aliphatic rings. The number of benzene rings is 1. The molecular formula is C13H16ClNO5. The zero-order valence-corrected chi connectivity index (χ0v) is 11.7. The molecule has 20 heavy (non-hydrogen) atoms. The third kappa shape index (κ3) is 3.33. The van der Waals surface area contributed by atoms with E-state index < -0.39 is 18.1 Å². The van der Waals surface area contributed by atoms with E-state index in [0.717, 1.165) is 0 Å². The number of carbonyl (C=O) groups is 1. The highest BCUT2D eigenvalue weighted by molar-refractivity contribution is 6.32. The van der Waals surface area contributed by atoms with Crippen molar-refractivity contribution in [2.24, 2.45) is 0 Å². The molecular weight excluding hydrogens is 286 g/mol. The van der Waals surface area contributed by atoms with E-state index in [-0.39, 0.29) is 6.54 Å². The van der Waals surface area contributed by atoms with Crippen LogP contribution in [0.4, 0.5) is 0 Å². The number of fused-ring (bicyclic) bond motifs is 1. The second-order valence-corrected chi connectivity index (χ2v) is 5.23. The summed E-state index contributed by atoms with van der Waals surface area (Å²) in [5.41, 5.74) is -1.07. The van der Waals surface area contributed by atoms with E-state index in [9.17, 15) is 9.90 Å². The fourth-order valence-corrected chi connectivity index (χ4v) is 1.94. The van der Waals surface area contributed by atoms with Gasteiger partial charge in [0.15, 0.2) is 11.5 Å². The number of ether oxygens (including phenoxy) is 2. The van der Waals surface area contributed by atoms with E-state index >= 15 is 0 Å². The van der Waals surface area contributed by atoms with Crippen molar-refractivity contribution in [3.8, 4) is 11.5 Å². The highest BCUT2D eigenvalue weighted by Gasteiger charge is 2.22. The van der Waals surface area contributed by atoms with Crippen molar-refractivity contribution in [3.05, 3.63) is 22.7 Å². The lowest BCUT2D eigenvalue weighted by Crippen LogP contribution is -2.43. The van der Waals surface area contributed by atoms with Crippen LogP contribution >= 0.6 is 11.6 Å². The number of aliphatic hydroxyl groups is 2. The van der Waals surface area contributed by atoms with Crippen molar-refractivity contribution in [3.63, 3.8) is 0 Å². The summed E-state index contributed by atoms with van der Waals surface area (Å²) >= 11 is 6.03. The van der Waals surface area contributed by atoms with Crippen LogP contribution in [0.2, 0.25) is 5.02 Å². The van der Waals surface area contributed by atoms with E-state index in [2.05, 4.69) is 5.32 Å². The number of rotatable bonds is 4. The molecule has 0 radical (unpaired) electrons. The van der Waals surface area contributed by atoms with Gasteiger partial charge in [0.05, 0.1) is 11.6 Å². The fourth-order valence-electron chi connectivity index (χ4n) is 1.67. The van der Waals surface area contributed by atoms with Gasteiger partial charge >= 0.3 is 0 Å². The quantitative estimate of drug-likeness (QED) is 0.757. The Morgan fingerprint density at radius 1 is 1.45 bits per heavy atom. The lowest BCUT2D eigenvalue weighted by atomic mass is 10.1. The van der Waals surface area contributed by atoms with Crippen molar-refractivity contribution in [2.75, 3.05) is 26.4 Å². The van der Waals surface area contributed by atoms with Gasteiger partial charge in [0.25, 0.3) is 5.91 Å². The second-order valence-electron chi connectivity index (χ2n) is 4.82. The Morgan fingerprint density at radius 3 is 2.85 bits per heavy atom. The van der Waals surface area contributed by atoms with Gasteiger partial charge in [-0.1, -0.05) is 11.6 Å². The Morgan fingerprint density at radius 2 is 2.15 bits per heavy atom. The van der Waals surface area contributed by atoms with Crippen LogP contribution in [-0.2, 0) is 0 Å². The molecule has 1 unspecified atom stereocenters. The molecule has 1 aromatic rings. The summed E-state index contributed by atoms with van der Waals surface area (Å²) < 4.78 is 10.7. The van der Waals surface area contributed by atoms with Gasteiger partial charge < -0.3 is 25.0 Å². The second kappa shape index (κ2) is 5.87. The Balaban J connectivity index is 2.13. The summed E-state index contributed by atoms with van der Waals surface area (Å²) in [6.45, 7) is 1.71. The molecule has 1 aliphatic heterocycles. The molecule has 0 saturated carbocycles. The monoisotopic (exact) mass is 301 g/mol.